The number of anilines is 1. The molecule has 2 rings (SSSR count). The number of ether oxygens (including phenoxy) is 1. The summed E-state index contributed by atoms with van der Waals surface area (Å²) in [5, 5.41) is 6.37. The average Bonchev–Trinajstić information content (AvgIpc) is 2.97. The standard InChI is InChI=1S/C12H18N4OS/c1-10-9-16(5-3-6-17-2)12(15-10)14-8-11-13-4-7-18-11/h4,7,9H,3,5-6,8H2,1-2H3,(H,14,15). The van der Waals surface area contributed by atoms with Crippen molar-refractivity contribution in [1.82, 2.24) is 14.5 Å². The molecular formula is C12H18N4OS. The summed E-state index contributed by atoms with van der Waals surface area (Å²) in [7, 11) is 1.72. The molecule has 0 spiro atoms. The summed E-state index contributed by atoms with van der Waals surface area (Å²) in [6.07, 6.45) is 4.86. The van der Waals surface area contributed by atoms with Gasteiger partial charge in [0, 0.05) is 38.0 Å². The van der Waals surface area contributed by atoms with Gasteiger partial charge < -0.3 is 14.6 Å². The van der Waals surface area contributed by atoms with E-state index in [0.717, 1.165) is 42.8 Å². The van der Waals surface area contributed by atoms with Crippen LogP contribution >= 0.6 is 11.3 Å². The number of imidazole rings is 1. The molecule has 0 atom stereocenters. The van der Waals surface area contributed by atoms with Gasteiger partial charge in [-0.3, -0.25) is 0 Å². The monoisotopic (exact) mass is 266 g/mol. The minimum absolute atomic E-state index is 0.721. The summed E-state index contributed by atoms with van der Waals surface area (Å²) in [6.45, 7) is 4.40. The summed E-state index contributed by atoms with van der Waals surface area (Å²) in [5.74, 6) is 0.902. The van der Waals surface area contributed by atoms with Crippen molar-refractivity contribution >= 4 is 17.3 Å². The Morgan fingerprint density at radius 1 is 1.50 bits per heavy atom. The maximum absolute atomic E-state index is 5.07. The van der Waals surface area contributed by atoms with Crippen LogP contribution in [0.4, 0.5) is 5.95 Å². The van der Waals surface area contributed by atoms with Crippen LogP contribution in [0.15, 0.2) is 17.8 Å². The second-order valence-corrected chi connectivity index (χ2v) is 5.00. The number of nitrogens with one attached hydrogen (secondary N) is 1. The smallest absolute Gasteiger partial charge is 0.203 e. The molecule has 0 saturated carbocycles. The van der Waals surface area contributed by atoms with Crippen LogP contribution in [0.3, 0.4) is 0 Å². The maximum atomic E-state index is 5.07. The molecule has 0 fully saturated rings. The lowest BCUT2D eigenvalue weighted by molar-refractivity contribution is 0.190. The number of thiazole rings is 1. The molecule has 2 aromatic heterocycles. The van der Waals surface area contributed by atoms with Crippen LogP contribution in [0.25, 0.3) is 0 Å². The Kier molecular flexibility index (Phi) is 4.72. The summed E-state index contributed by atoms with van der Waals surface area (Å²) in [4.78, 5) is 8.72. The Morgan fingerprint density at radius 3 is 3.11 bits per heavy atom. The third-order valence-corrected chi connectivity index (χ3v) is 3.31. The molecule has 5 nitrogen and oxygen atoms in total. The van der Waals surface area contributed by atoms with Crippen molar-refractivity contribution in [3.63, 3.8) is 0 Å². The molecule has 0 saturated heterocycles. The number of aromatic nitrogens is 3. The molecule has 0 radical (unpaired) electrons. The van der Waals surface area contributed by atoms with Gasteiger partial charge in [0.25, 0.3) is 0 Å². The Labute approximate surface area is 111 Å². The van der Waals surface area contributed by atoms with Crippen molar-refractivity contribution in [3.05, 3.63) is 28.5 Å². The van der Waals surface area contributed by atoms with Crippen LogP contribution in [-0.2, 0) is 17.8 Å². The van der Waals surface area contributed by atoms with E-state index >= 15 is 0 Å². The number of hydrogen-bond acceptors (Lipinski definition) is 5. The van der Waals surface area contributed by atoms with Gasteiger partial charge in [-0.05, 0) is 13.3 Å². The van der Waals surface area contributed by atoms with Crippen LogP contribution in [0.5, 0.6) is 0 Å². The van der Waals surface area contributed by atoms with Crippen molar-refractivity contribution in [2.75, 3.05) is 19.0 Å². The maximum Gasteiger partial charge on any atom is 0.203 e. The van der Waals surface area contributed by atoms with Crippen molar-refractivity contribution in [3.8, 4) is 0 Å². The summed E-state index contributed by atoms with van der Waals surface area (Å²) in [5.41, 5.74) is 1.02. The number of hydrogen-bond donors (Lipinski definition) is 1. The van der Waals surface area contributed by atoms with Gasteiger partial charge in [0.05, 0.1) is 12.2 Å². The molecule has 18 heavy (non-hydrogen) atoms. The first-order valence-corrected chi connectivity index (χ1v) is 6.82. The second kappa shape index (κ2) is 6.51. The molecular weight excluding hydrogens is 248 g/mol. The van der Waals surface area contributed by atoms with Gasteiger partial charge in [0.1, 0.15) is 5.01 Å². The van der Waals surface area contributed by atoms with Gasteiger partial charge in [-0.15, -0.1) is 11.3 Å². The van der Waals surface area contributed by atoms with E-state index in [1.807, 2.05) is 18.5 Å². The second-order valence-electron chi connectivity index (χ2n) is 4.03. The molecule has 2 heterocycles. The first-order chi connectivity index (χ1) is 8.79. The summed E-state index contributed by atoms with van der Waals surface area (Å²) >= 11 is 1.65. The van der Waals surface area contributed by atoms with Crippen LogP contribution in [0.2, 0.25) is 0 Å². The molecule has 0 amide bonds. The molecule has 98 valence electrons. The zero-order valence-corrected chi connectivity index (χ0v) is 11.5. The molecule has 6 heteroatoms. The van der Waals surface area contributed by atoms with E-state index in [2.05, 4.69) is 26.0 Å². The zero-order chi connectivity index (χ0) is 12.8. The van der Waals surface area contributed by atoms with Gasteiger partial charge in [-0.1, -0.05) is 0 Å². The first-order valence-electron chi connectivity index (χ1n) is 5.94. The van der Waals surface area contributed by atoms with E-state index in [-0.39, 0.29) is 0 Å². The van der Waals surface area contributed by atoms with E-state index in [9.17, 15) is 0 Å². The third kappa shape index (κ3) is 3.54. The van der Waals surface area contributed by atoms with E-state index in [0.29, 0.717) is 0 Å². The minimum atomic E-state index is 0.721. The van der Waals surface area contributed by atoms with E-state index < -0.39 is 0 Å². The van der Waals surface area contributed by atoms with E-state index in [1.54, 1.807) is 18.4 Å². The van der Waals surface area contributed by atoms with E-state index in [1.165, 1.54) is 0 Å². The summed E-state index contributed by atoms with van der Waals surface area (Å²) in [6, 6.07) is 0. The van der Waals surface area contributed by atoms with E-state index in [4.69, 9.17) is 4.74 Å². The molecule has 0 aromatic carbocycles. The fourth-order valence-electron chi connectivity index (χ4n) is 1.73. The number of methoxy groups -OCH3 is 1. The Bertz CT molecular complexity index is 466. The molecule has 0 bridgehead atoms. The molecule has 0 aliphatic heterocycles. The molecule has 2 aromatic rings. The number of aryl methyl sites for hydroxylation is 2. The fourth-order valence-corrected chi connectivity index (χ4v) is 2.29. The highest BCUT2D eigenvalue weighted by molar-refractivity contribution is 7.09. The van der Waals surface area contributed by atoms with Crippen LogP contribution in [0, 0.1) is 6.92 Å². The Balaban J connectivity index is 1.93. The molecule has 0 aliphatic carbocycles. The zero-order valence-electron chi connectivity index (χ0n) is 10.7. The Morgan fingerprint density at radius 2 is 2.39 bits per heavy atom. The quantitative estimate of drug-likeness (QED) is 0.781. The van der Waals surface area contributed by atoms with Gasteiger partial charge in [-0.2, -0.15) is 0 Å². The topological polar surface area (TPSA) is 52.0 Å². The number of nitrogens with zero attached hydrogens (tertiary/aromatic N) is 3. The predicted octanol–water partition coefficient (Wildman–Crippen LogP) is 2.30. The first kappa shape index (κ1) is 13.0. The highest BCUT2D eigenvalue weighted by atomic mass is 32.1. The highest BCUT2D eigenvalue weighted by Crippen LogP contribution is 2.12. The average molecular weight is 266 g/mol. The lowest BCUT2D eigenvalue weighted by Crippen LogP contribution is -2.08. The van der Waals surface area contributed by atoms with Gasteiger partial charge in [-0.25, -0.2) is 9.97 Å². The fraction of sp³-hybridized carbons (Fsp3) is 0.500. The van der Waals surface area contributed by atoms with Crippen LogP contribution in [0.1, 0.15) is 17.1 Å². The molecule has 0 unspecified atom stereocenters. The lowest BCUT2D eigenvalue weighted by atomic mass is 10.4. The SMILES string of the molecule is COCCCn1cc(C)nc1NCc1nccs1. The summed E-state index contributed by atoms with van der Waals surface area (Å²) < 4.78 is 7.19. The third-order valence-electron chi connectivity index (χ3n) is 2.53. The van der Waals surface area contributed by atoms with Crippen molar-refractivity contribution in [2.24, 2.45) is 0 Å². The highest BCUT2D eigenvalue weighted by Gasteiger charge is 2.05. The predicted molar refractivity (Wildman–Crippen MR) is 72.9 cm³/mol. The Hall–Kier alpha value is -1.40. The van der Waals surface area contributed by atoms with Crippen LogP contribution in [-0.4, -0.2) is 28.3 Å². The molecule has 0 aliphatic rings. The normalized spacial score (nSPS) is 10.8. The molecule has 1 N–H and O–H groups in total. The number of rotatable bonds is 7. The minimum Gasteiger partial charge on any atom is -0.385 e. The van der Waals surface area contributed by atoms with Gasteiger partial charge >= 0.3 is 0 Å². The lowest BCUT2D eigenvalue weighted by Gasteiger charge is -2.08. The van der Waals surface area contributed by atoms with Crippen LogP contribution < -0.4 is 5.32 Å². The van der Waals surface area contributed by atoms with Crippen molar-refractivity contribution < 1.29 is 4.74 Å². The van der Waals surface area contributed by atoms with Crippen molar-refractivity contribution in [1.29, 1.82) is 0 Å². The van der Waals surface area contributed by atoms with Crippen molar-refractivity contribution in [2.45, 2.75) is 26.4 Å². The van der Waals surface area contributed by atoms with Gasteiger partial charge in [0.2, 0.25) is 5.95 Å². The van der Waals surface area contributed by atoms with Gasteiger partial charge in [0.15, 0.2) is 0 Å². The largest absolute Gasteiger partial charge is 0.385 e.